The summed E-state index contributed by atoms with van der Waals surface area (Å²) in [4.78, 5) is 0. The van der Waals surface area contributed by atoms with Gasteiger partial charge in [0, 0.05) is 17.4 Å². The second kappa shape index (κ2) is 4.93. The van der Waals surface area contributed by atoms with Gasteiger partial charge in [-0.15, -0.1) is 10.5 Å². The highest BCUT2D eigenvalue weighted by molar-refractivity contribution is 7.90. The first-order valence-corrected chi connectivity index (χ1v) is 7.57. The lowest BCUT2D eigenvalue weighted by Crippen LogP contribution is -2.22. The topological polar surface area (TPSA) is 60.6 Å². The van der Waals surface area contributed by atoms with E-state index in [1.54, 1.807) is 30.3 Å². The summed E-state index contributed by atoms with van der Waals surface area (Å²) in [5.41, 5.74) is 1.79. The Morgan fingerprint density at radius 2 is 1.75 bits per heavy atom. The zero-order chi connectivity index (χ0) is 15.0. The fourth-order valence-electron chi connectivity index (χ4n) is 1.79. The molecule has 0 unspecified atom stereocenters. The molecule has 1 aliphatic heterocycles. The SMILES string of the molecule is CS(=O)(=O)CC1=C(C(F)(F)F)[N]N=C1c1ccccc1. The van der Waals surface area contributed by atoms with Crippen LogP contribution in [0.3, 0.4) is 0 Å². The van der Waals surface area contributed by atoms with Crippen molar-refractivity contribution in [2.75, 3.05) is 12.0 Å². The summed E-state index contributed by atoms with van der Waals surface area (Å²) in [7, 11) is -3.64. The minimum absolute atomic E-state index is 0.0525. The van der Waals surface area contributed by atoms with E-state index in [0.29, 0.717) is 5.56 Å². The van der Waals surface area contributed by atoms with Crippen LogP contribution in [0.2, 0.25) is 0 Å². The average Bonchev–Trinajstić information content (AvgIpc) is 2.71. The van der Waals surface area contributed by atoms with Crippen LogP contribution in [0.25, 0.3) is 0 Å². The van der Waals surface area contributed by atoms with Gasteiger partial charge in [-0.25, -0.2) is 8.42 Å². The van der Waals surface area contributed by atoms with Crippen LogP contribution in [0.4, 0.5) is 13.2 Å². The van der Waals surface area contributed by atoms with Gasteiger partial charge in [0.05, 0.1) is 11.5 Å². The van der Waals surface area contributed by atoms with E-state index in [-0.39, 0.29) is 5.71 Å². The number of halogens is 3. The second-order valence-electron chi connectivity index (χ2n) is 4.31. The third-order valence-electron chi connectivity index (χ3n) is 2.54. The number of nitrogens with zero attached hydrogens (tertiary/aromatic N) is 2. The van der Waals surface area contributed by atoms with Crippen LogP contribution >= 0.6 is 0 Å². The van der Waals surface area contributed by atoms with Crippen LogP contribution in [-0.4, -0.2) is 32.3 Å². The first-order valence-electron chi connectivity index (χ1n) is 5.51. The molecule has 0 saturated carbocycles. The monoisotopic (exact) mass is 303 g/mol. The van der Waals surface area contributed by atoms with Gasteiger partial charge in [0.25, 0.3) is 0 Å². The number of sulfone groups is 1. The fraction of sp³-hybridized carbons (Fsp3) is 0.250. The maximum absolute atomic E-state index is 12.9. The summed E-state index contributed by atoms with van der Waals surface area (Å²) in [6.45, 7) is 0. The maximum atomic E-state index is 12.9. The van der Waals surface area contributed by atoms with Crippen molar-refractivity contribution in [3.8, 4) is 0 Å². The van der Waals surface area contributed by atoms with Gasteiger partial charge in [-0.2, -0.15) is 13.2 Å². The Kier molecular flexibility index (Phi) is 3.59. The predicted octanol–water partition coefficient (Wildman–Crippen LogP) is 1.87. The Morgan fingerprint density at radius 3 is 2.25 bits per heavy atom. The van der Waals surface area contributed by atoms with E-state index >= 15 is 0 Å². The van der Waals surface area contributed by atoms with E-state index in [9.17, 15) is 21.6 Å². The van der Waals surface area contributed by atoms with Crippen LogP contribution in [-0.2, 0) is 9.84 Å². The molecule has 0 fully saturated rings. The Bertz CT molecular complexity index is 676. The number of alkyl halides is 3. The summed E-state index contributed by atoms with van der Waals surface area (Å²) in [6.07, 6.45) is -3.87. The number of benzene rings is 1. The van der Waals surface area contributed by atoms with Crippen LogP contribution in [0.1, 0.15) is 5.56 Å². The molecule has 1 heterocycles. The Morgan fingerprint density at radius 1 is 1.15 bits per heavy atom. The van der Waals surface area contributed by atoms with Gasteiger partial charge >= 0.3 is 6.18 Å². The maximum Gasteiger partial charge on any atom is 0.435 e. The molecule has 20 heavy (non-hydrogen) atoms. The predicted molar refractivity (Wildman–Crippen MR) is 67.9 cm³/mol. The molecule has 1 aromatic rings. The van der Waals surface area contributed by atoms with Gasteiger partial charge in [0.1, 0.15) is 0 Å². The Labute approximate surface area is 113 Å². The van der Waals surface area contributed by atoms with Crippen molar-refractivity contribution in [1.29, 1.82) is 0 Å². The van der Waals surface area contributed by atoms with Gasteiger partial charge in [0.2, 0.25) is 0 Å². The second-order valence-corrected chi connectivity index (χ2v) is 6.45. The highest BCUT2D eigenvalue weighted by Gasteiger charge is 2.42. The summed E-state index contributed by atoms with van der Waals surface area (Å²) >= 11 is 0. The molecule has 1 aliphatic rings. The van der Waals surface area contributed by atoms with Crippen LogP contribution in [0.5, 0.6) is 0 Å². The van der Waals surface area contributed by atoms with E-state index in [4.69, 9.17) is 0 Å². The van der Waals surface area contributed by atoms with Crippen molar-refractivity contribution >= 4 is 15.5 Å². The number of allylic oxidation sites excluding steroid dienone is 1. The third-order valence-corrected chi connectivity index (χ3v) is 3.36. The number of hydrogen-bond acceptors (Lipinski definition) is 3. The zero-order valence-electron chi connectivity index (χ0n) is 10.3. The van der Waals surface area contributed by atoms with Crippen LogP contribution in [0.15, 0.2) is 46.7 Å². The molecule has 0 spiro atoms. The van der Waals surface area contributed by atoms with E-state index in [0.717, 1.165) is 6.26 Å². The molecular formula is C12H10F3N2O2S. The molecule has 0 bridgehead atoms. The van der Waals surface area contributed by atoms with Gasteiger partial charge < -0.3 is 0 Å². The summed E-state index contributed by atoms with van der Waals surface area (Å²) in [5, 5.41) is 3.50. The molecule has 0 aliphatic carbocycles. The van der Waals surface area contributed by atoms with Crippen molar-refractivity contribution < 1.29 is 21.6 Å². The van der Waals surface area contributed by atoms with E-state index in [2.05, 4.69) is 10.5 Å². The highest BCUT2D eigenvalue weighted by Crippen LogP contribution is 2.32. The van der Waals surface area contributed by atoms with Crippen molar-refractivity contribution in [3.05, 3.63) is 47.2 Å². The van der Waals surface area contributed by atoms with Crippen LogP contribution < -0.4 is 5.43 Å². The molecular weight excluding hydrogens is 293 g/mol. The van der Waals surface area contributed by atoms with E-state index in [1.165, 1.54) is 0 Å². The number of hydrogen-bond donors (Lipinski definition) is 0. The fourth-order valence-corrected chi connectivity index (χ4v) is 2.59. The molecule has 0 N–H and O–H groups in total. The Hall–Kier alpha value is -1.83. The van der Waals surface area contributed by atoms with Crippen molar-refractivity contribution in [2.45, 2.75) is 6.18 Å². The average molecular weight is 303 g/mol. The molecule has 0 atom stereocenters. The minimum Gasteiger partial charge on any atom is -0.229 e. The summed E-state index contributed by atoms with van der Waals surface area (Å²) < 4.78 is 61.2. The van der Waals surface area contributed by atoms with Gasteiger partial charge in [0.15, 0.2) is 15.5 Å². The lowest BCUT2D eigenvalue weighted by molar-refractivity contribution is -0.0970. The number of rotatable bonds is 3. The molecule has 2 rings (SSSR count). The molecule has 0 saturated heterocycles. The first-order chi connectivity index (χ1) is 9.18. The molecule has 1 aromatic carbocycles. The summed E-state index contributed by atoms with van der Waals surface area (Å²) in [5.74, 6) is -0.751. The molecule has 0 aromatic heterocycles. The van der Waals surface area contributed by atoms with E-state index in [1.807, 2.05) is 0 Å². The van der Waals surface area contributed by atoms with Crippen LogP contribution in [0, 0.1) is 0 Å². The lowest BCUT2D eigenvalue weighted by Gasteiger charge is -2.10. The molecule has 0 amide bonds. The van der Waals surface area contributed by atoms with Gasteiger partial charge in [-0.05, 0) is 0 Å². The largest absolute Gasteiger partial charge is 0.435 e. The molecule has 107 valence electrons. The molecule has 8 heteroatoms. The van der Waals surface area contributed by atoms with Crippen molar-refractivity contribution in [2.24, 2.45) is 5.10 Å². The highest BCUT2D eigenvalue weighted by atomic mass is 32.2. The molecule has 1 radical (unpaired) electrons. The third kappa shape index (κ3) is 3.19. The molecule has 4 nitrogen and oxygen atoms in total. The standard InChI is InChI=1S/C12H10F3N2O2S/c1-20(18,19)7-9-10(8-5-3-2-4-6-8)16-17-11(9)12(13,14)15/h2-6H,7H2,1H3. The Balaban J connectivity index is 2.51. The lowest BCUT2D eigenvalue weighted by atomic mass is 10.0. The minimum atomic E-state index is -4.74. The quantitative estimate of drug-likeness (QED) is 0.856. The zero-order valence-corrected chi connectivity index (χ0v) is 11.2. The summed E-state index contributed by atoms with van der Waals surface area (Å²) in [6, 6.07) is 8.05. The van der Waals surface area contributed by atoms with E-state index < -0.39 is 33.0 Å². The first kappa shape index (κ1) is 14.6. The van der Waals surface area contributed by atoms with Gasteiger partial charge in [-0.1, -0.05) is 30.3 Å². The normalized spacial score (nSPS) is 16.1. The smallest absolute Gasteiger partial charge is 0.229 e. The van der Waals surface area contributed by atoms with Crippen molar-refractivity contribution in [3.63, 3.8) is 0 Å². The van der Waals surface area contributed by atoms with Crippen molar-refractivity contribution in [1.82, 2.24) is 5.43 Å². The van der Waals surface area contributed by atoms with Gasteiger partial charge in [-0.3, -0.25) is 0 Å².